The molecule has 0 aromatic heterocycles. The lowest BCUT2D eigenvalue weighted by atomic mass is 10.1. The number of rotatable bonds is 6. The molecule has 1 unspecified atom stereocenters. The first-order valence-corrected chi connectivity index (χ1v) is 8.01. The quantitative estimate of drug-likeness (QED) is 0.795. The molecular formula is C15H28N2O3. The molecule has 2 aliphatic heterocycles. The number of ether oxygens (including phenoxy) is 2. The van der Waals surface area contributed by atoms with Crippen LogP contribution in [0.1, 0.15) is 39.0 Å². The van der Waals surface area contributed by atoms with Crippen LogP contribution < -0.4 is 5.32 Å². The highest BCUT2D eigenvalue weighted by Crippen LogP contribution is 2.14. The molecule has 0 aromatic carbocycles. The van der Waals surface area contributed by atoms with Gasteiger partial charge in [0.05, 0.1) is 25.2 Å². The molecule has 1 amide bonds. The highest BCUT2D eigenvalue weighted by molar-refractivity contribution is 5.76. The third-order valence-electron chi connectivity index (χ3n) is 4.09. The second-order valence-corrected chi connectivity index (χ2v) is 5.63. The highest BCUT2D eigenvalue weighted by Gasteiger charge is 2.23. The van der Waals surface area contributed by atoms with Crippen LogP contribution in [0, 0.1) is 0 Å². The van der Waals surface area contributed by atoms with Gasteiger partial charge in [-0.25, -0.2) is 0 Å². The summed E-state index contributed by atoms with van der Waals surface area (Å²) in [5.41, 5.74) is 0. The molecule has 5 nitrogen and oxygen atoms in total. The third-order valence-corrected chi connectivity index (χ3v) is 4.09. The van der Waals surface area contributed by atoms with Crippen molar-refractivity contribution in [3.8, 4) is 0 Å². The number of amides is 1. The van der Waals surface area contributed by atoms with Crippen molar-refractivity contribution in [3.05, 3.63) is 0 Å². The first-order chi connectivity index (χ1) is 9.79. The average molecular weight is 284 g/mol. The zero-order valence-corrected chi connectivity index (χ0v) is 12.6. The van der Waals surface area contributed by atoms with Crippen molar-refractivity contribution < 1.29 is 14.3 Å². The zero-order valence-electron chi connectivity index (χ0n) is 12.6. The number of nitrogens with one attached hydrogen (secondary N) is 1. The summed E-state index contributed by atoms with van der Waals surface area (Å²) < 4.78 is 11.4. The van der Waals surface area contributed by atoms with Gasteiger partial charge in [-0.05, 0) is 45.7 Å². The van der Waals surface area contributed by atoms with Crippen LogP contribution in [0.25, 0.3) is 0 Å². The molecule has 2 heterocycles. The Balaban J connectivity index is 1.63. The minimum Gasteiger partial charge on any atom is -0.378 e. The minimum atomic E-state index is 0.211. The van der Waals surface area contributed by atoms with E-state index in [1.54, 1.807) is 0 Å². The van der Waals surface area contributed by atoms with Gasteiger partial charge in [0.15, 0.2) is 0 Å². The van der Waals surface area contributed by atoms with Crippen LogP contribution in [-0.2, 0) is 14.3 Å². The summed E-state index contributed by atoms with van der Waals surface area (Å²) >= 11 is 0. The van der Waals surface area contributed by atoms with Crippen molar-refractivity contribution in [2.45, 2.75) is 51.2 Å². The number of carbonyl (C=O) groups is 1. The van der Waals surface area contributed by atoms with Gasteiger partial charge in [0.25, 0.3) is 0 Å². The number of likely N-dealkylation sites (tertiary alicyclic amines) is 1. The van der Waals surface area contributed by atoms with E-state index >= 15 is 0 Å². The summed E-state index contributed by atoms with van der Waals surface area (Å²) in [7, 11) is 0. The van der Waals surface area contributed by atoms with Gasteiger partial charge in [-0.2, -0.15) is 0 Å². The molecule has 0 saturated carbocycles. The fourth-order valence-electron chi connectivity index (χ4n) is 2.97. The van der Waals surface area contributed by atoms with Crippen LogP contribution in [0.4, 0.5) is 0 Å². The average Bonchev–Trinajstić information content (AvgIpc) is 2.49. The van der Waals surface area contributed by atoms with E-state index in [-0.39, 0.29) is 12.0 Å². The van der Waals surface area contributed by atoms with E-state index in [1.807, 2.05) is 11.8 Å². The van der Waals surface area contributed by atoms with Crippen molar-refractivity contribution in [3.63, 3.8) is 0 Å². The monoisotopic (exact) mass is 284 g/mol. The molecule has 2 aliphatic rings. The van der Waals surface area contributed by atoms with Gasteiger partial charge in [-0.15, -0.1) is 0 Å². The van der Waals surface area contributed by atoms with E-state index in [4.69, 9.17) is 9.47 Å². The normalized spacial score (nSPS) is 24.9. The number of carbonyl (C=O) groups excluding carboxylic acids is 1. The molecule has 2 saturated heterocycles. The lowest BCUT2D eigenvalue weighted by Crippen LogP contribution is -2.43. The second kappa shape index (κ2) is 8.60. The van der Waals surface area contributed by atoms with E-state index in [9.17, 15) is 4.79 Å². The molecule has 5 heteroatoms. The van der Waals surface area contributed by atoms with Crippen LogP contribution in [0.15, 0.2) is 0 Å². The van der Waals surface area contributed by atoms with E-state index in [1.165, 1.54) is 0 Å². The summed E-state index contributed by atoms with van der Waals surface area (Å²) in [5.74, 6) is 0.211. The summed E-state index contributed by atoms with van der Waals surface area (Å²) in [5, 5.41) is 3.31. The summed E-state index contributed by atoms with van der Waals surface area (Å²) in [6.07, 6.45) is 5.30. The van der Waals surface area contributed by atoms with Crippen LogP contribution in [0.5, 0.6) is 0 Å². The fraction of sp³-hybridized carbons (Fsp3) is 0.933. The van der Waals surface area contributed by atoms with Crippen LogP contribution in [0.2, 0.25) is 0 Å². The van der Waals surface area contributed by atoms with Gasteiger partial charge < -0.3 is 19.7 Å². The lowest BCUT2D eigenvalue weighted by molar-refractivity contribution is -0.137. The Hall–Kier alpha value is -0.650. The van der Waals surface area contributed by atoms with Crippen molar-refractivity contribution in [1.82, 2.24) is 10.2 Å². The molecule has 0 bridgehead atoms. The topological polar surface area (TPSA) is 50.8 Å². The molecule has 116 valence electrons. The first-order valence-electron chi connectivity index (χ1n) is 8.01. The molecular weight excluding hydrogens is 256 g/mol. The highest BCUT2D eigenvalue weighted by atomic mass is 16.5. The molecule has 0 spiro atoms. The Labute approximate surface area is 122 Å². The smallest absolute Gasteiger partial charge is 0.224 e. The Kier molecular flexibility index (Phi) is 6.76. The van der Waals surface area contributed by atoms with Gasteiger partial charge in [-0.1, -0.05) is 0 Å². The SMILES string of the molecule is CCOC1CCCN(C(=O)CCOC2CCNCC2)C1. The fourth-order valence-corrected chi connectivity index (χ4v) is 2.97. The molecule has 0 radical (unpaired) electrons. The Morgan fingerprint density at radius 1 is 1.20 bits per heavy atom. The third kappa shape index (κ3) is 5.04. The Bertz CT molecular complexity index is 291. The summed E-state index contributed by atoms with van der Waals surface area (Å²) in [6.45, 7) is 6.97. The van der Waals surface area contributed by atoms with Crippen molar-refractivity contribution in [2.75, 3.05) is 39.4 Å². The number of piperidine rings is 2. The predicted octanol–water partition coefficient (Wildman–Crippen LogP) is 1.17. The number of hydrogen-bond donors (Lipinski definition) is 1. The van der Waals surface area contributed by atoms with Crippen LogP contribution in [-0.4, -0.2) is 62.4 Å². The van der Waals surface area contributed by atoms with Crippen LogP contribution >= 0.6 is 0 Å². The minimum absolute atomic E-state index is 0.211. The maximum Gasteiger partial charge on any atom is 0.224 e. The maximum absolute atomic E-state index is 12.2. The van der Waals surface area contributed by atoms with E-state index < -0.39 is 0 Å². The molecule has 1 atom stereocenters. The van der Waals surface area contributed by atoms with Gasteiger partial charge in [0.1, 0.15) is 0 Å². The number of nitrogens with zero attached hydrogens (tertiary/aromatic N) is 1. The molecule has 20 heavy (non-hydrogen) atoms. The molecule has 1 N–H and O–H groups in total. The summed E-state index contributed by atoms with van der Waals surface area (Å²) in [6, 6.07) is 0. The zero-order chi connectivity index (χ0) is 14.2. The van der Waals surface area contributed by atoms with Gasteiger partial charge in [0, 0.05) is 19.7 Å². The van der Waals surface area contributed by atoms with Crippen molar-refractivity contribution in [1.29, 1.82) is 0 Å². The van der Waals surface area contributed by atoms with E-state index in [0.29, 0.717) is 19.1 Å². The molecule has 0 aliphatic carbocycles. The van der Waals surface area contributed by atoms with E-state index in [0.717, 1.165) is 58.5 Å². The maximum atomic E-state index is 12.2. The Morgan fingerprint density at radius 3 is 2.75 bits per heavy atom. The Morgan fingerprint density at radius 2 is 2.00 bits per heavy atom. The van der Waals surface area contributed by atoms with E-state index in [2.05, 4.69) is 5.32 Å². The largest absolute Gasteiger partial charge is 0.378 e. The molecule has 2 rings (SSSR count). The van der Waals surface area contributed by atoms with Crippen molar-refractivity contribution in [2.24, 2.45) is 0 Å². The second-order valence-electron chi connectivity index (χ2n) is 5.63. The first kappa shape index (κ1) is 15.7. The van der Waals surface area contributed by atoms with Gasteiger partial charge in [-0.3, -0.25) is 4.79 Å². The van der Waals surface area contributed by atoms with Gasteiger partial charge in [0.2, 0.25) is 5.91 Å². The molecule has 0 aromatic rings. The summed E-state index contributed by atoms with van der Waals surface area (Å²) in [4.78, 5) is 14.1. The van der Waals surface area contributed by atoms with Gasteiger partial charge >= 0.3 is 0 Å². The molecule has 2 fully saturated rings. The standard InChI is InChI=1S/C15H28N2O3/c1-2-19-14-4-3-10-17(12-14)15(18)7-11-20-13-5-8-16-9-6-13/h13-14,16H,2-12H2,1H3. The van der Waals surface area contributed by atoms with Crippen LogP contribution in [0.3, 0.4) is 0 Å². The predicted molar refractivity (Wildman–Crippen MR) is 77.7 cm³/mol. The number of hydrogen-bond acceptors (Lipinski definition) is 4. The van der Waals surface area contributed by atoms with Crippen molar-refractivity contribution >= 4 is 5.91 Å². The lowest BCUT2D eigenvalue weighted by Gasteiger charge is -2.32.